The van der Waals surface area contributed by atoms with E-state index in [9.17, 15) is 14.0 Å². The average Bonchev–Trinajstić information content (AvgIpc) is 2.95. The van der Waals surface area contributed by atoms with Crippen LogP contribution in [-0.2, 0) is 14.3 Å². The zero-order valence-electron chi connectivity index (χ0n) is 11.2. The Kier molecular flexibility index (Phi) is 5.69. The van der Waals surface area contributed by atoms with Crippen molar-refractivity contribution in [3.63, 3.8) is 0 Å². The van der Waals surface area contributed by atoms with Gasteiger partial charge < -0.3 is 14.8 Å². The van der Waals surface area contributed by atoms with Gasteiger partial charge in [-0.05, 0) is 31.0 Å². The molecule has 2 rings (SSSR count). The maximum atomic E-state index is 13.5. The maximum Gasteiger partial charge on any atom is 0.341 e. The second kappa shape index (κ2) is 7.51. The molecular formula is C14H15BrFNO4. The molecule has 1 N–H and O–H groups in total. The number of carbonyl (C=O) groups excluding carboxylic acids is 2. The maximum absolute atomic E-state index is 13.5. The Hall–Kier alpha value is -1.47. The Balaban J connectivity index is 1.76. The van der Waals surface area contributed by atoms with Gasteiger partial charge in [0, 0.05) is 17.6 Å². The van der Waals surface area contributed by atoms with Crippen molar-refractivity contribution < 1.29 is 23.5 Å². The van der Waals surface area contributed by atoms with Crippen molar-refractivity contribution in [2.45, 2.75) is 18.9 Å². The summed E-state index contributed by atoms with van der Waals surface area (Å²) in [5.41, 5.74) is -0.204. The molecule has 114 valence electrons. The summed E-state index contributed by atoms with van der Waals surface area (Å²) in [5.74, 6) is -2.00. The molecule has 1 heterocycles. The number of rotatable bonds is 5. The van der Waals surface area contributed by atoms with Crippen LogP contribution in [0.25, 0.3) is 0 Å². The lowest BCUT2D eigenvalue weighted by Gasteiger charge is -2.11. The molecule has 0 radical (unpaired) electrons. The summed E-state index contributed by atoms with van der Waals surface area (Å²) >= 11 is 3.09. The lowest BCUT2D eigenvalue weighted by atomic mass is 10.2. The molecule has 1 saturated heterocycles. The standard InChI is InChI=1S/C14H15BrFNO4/c15-9-3-4-11(12(16)6-9)14(19)21-8-13(18)17-7-10-2-1-5-20-10/h3-4,6,10H,1-2,5,7-8H2,(H,17,18)/t10-/m0/s1. The van der Waals surface area contributed by atoms with Gasteiger partial charge >= 0.3 is 5.97 Å². The third kappa shape index (κ3) is 4.78. The van der Waals surface area contributed by atoms with Crippen LogP contribution in [0.1, 0.15) is 23.2 Å². The van der Waals surface area contributed by atoms with E-state index in [-0.39, 0.29) is 11.7 Å². The van der Waals surface area contributed by atoms with Crippen molar-refractivity contribution >= 4 is 27.8 Å². The Bertz CT molecular complexity index is 532. The summed E-state index contributed by atoms with van der Waals surface area (Å²) in [4.78, 5) is 23.2. The average molecular weight is 360 g/mol. The van der Waals surface area contributed by atoms with Gasteiger partial charge in [-0.2, -0.15) is 0 Å². The molecule has 1 aliphatic heterocycles. The highest BCUT2D eigenvalue weighted by atomic mass is 79.9. The molecule has 0 saturated carbocycles. The van der Waals surface area contributed by atoms with Gasteiger partial charge in [0.2, 0.25) is 0 Å². The van der Waals surface area contributed by atoms with Gasteiger partial charge in [0.05, 0.1) is 11.7 Å². The summed E-state index contributed by atoms with van der Waals surface area (Å²) in [5, 5.41) is 2.61. The fraction of sp³-hybridized carbons (Fsp3) is 0.429. The van der Waals surface area contributed by atoms with Gasteiger partial charge in [-0.25, -0.2) is 9.18 Å². The number of esters is 1. The number of ether oxygens (including phenoxy) is 2. The van der Waals surface area contributed by atoms with Gasteiger partial charge in [0.1, 0.15) is 5.82 Å². The molecule has 0 spiro atoms. The minimum atomic E-state index is -0.868. The van der Waals surface area contributed by atoms with Crippen molar-refractivity contribution in [1.82, 2.24) is 5.32 Å². The summed E-state index contributed by atoms with van der Waals surface area (Å²) in [6.45, 7) is 0.655. The molecule has 7 heteroatoms. The van der Waals surface area contributed by atoms with Gasteiger partial charge in [-0.15, -0.1) is 0 Å². The molecule has 1 amide bonds. The first-order valence-corrected chi connectivity index (χ1v) is 7.36. The van der Waals surface area contributed by atoms with E-state index in [0.717, 1.165) is 18.9 Å². The second-order valence-electron chi connectivity index (χ2n) is 4.64. The first-order valence-electron chi connectivity index (χ1n) is 6.57. The molecule has 5 nitrogen and oxygen atoms in total. The summed E-state index contributed by atoms with van der Waals surface area (Å²) in [6, 6.07) is 3.98. The number of halogens is 2. The first kappa shape index (κ1) is 15.9. The Morgan fingerprint density at radius 1 is 1.48 bits per heavy atom. The SMILES string of the molecule is O=C(COC(=O)c1ccc(Br)cc1F)NC[C@@H]1CCCO1. The lowest BCUT2D eigenvalue weighted by Crippen LogP contribution is -2.34. The topological polar surface area (TPSA) is 64.6 Å². The van der Waals surface area contributed by atoms with E-state index in [1.807, 2.05) is 0 Å². The van der Waals surface area contributed by atoms with Crippen molar-refractivity contribution in [1.29, 1.82) is 0 Å². The van der Waals surface area contributed by atoms with Crippen LogP contribution in [-0.4, -0.2) is 37.7 Å². The zero-order chi connectivity index (χ0) is 15.2. The smallest absolute Gasteiger partial charge is 0.341 e. The molecule has 1 aromatic carbocycles. The second-order valence-corrected chi connectivity index (χ2v) is 5.56. The van der Waals surface area contributed by atoms with E-state index in [1.165, 1.54) is 12.1 Å². The van der Waals surface area contributed by atoms with Crippen molar-refractivity contribution in [3.8, 4) is 0 Å². The molecule has 1 aliphatic rings. The molecule has 0 aromatic heterocycles. The van der Waals surface area contributed by atoms with Crippen LogP contribution >= 0.6 is 15.9 Å². The highest BCUT2D eigenvalue weighted by molar-refractivity contribution is 9.10. The van der Waals surface area contributed by atoms with Crippen LogP contribution in [0.2, 0.25) is 0 Å². The molecule has 0 aliphatic carbocycles. The van der Waals surface area contributed by atoms with Gasteiger partial charge in [-0.1, -0.05) is 15.9 Å². The third-order valence-electron chi connectivity index (χ3n) is 3.04. The van der Waals surface area contributed by atoms with Crippen LogP contribution in [0.4, 0.5) is 4.39 Å². The van der Waals surface area contributed by atoms with Crippen LogP contribution in [0.15, 0.2) is 22.7 Å². The number of amides is 1. The van der Waals surface area contributed by atoms with Gasteiger partial charge in [-0.3, -0.25) is 4.79 Å². The largest absolute Gasteiger partial charge is 0.452 e. The number of carbonyl (C=O) groups is 2. The van der Waals surface area contributed by atoms with Gasteiger partial charge in [0.15, 0.2) is 6.61 Å². The first-order chi connectivity index (χ1) is 10.1. The quantitative estimate of drug-likeness (QED) is 0.817. The molecule has 21 heavy (non-hydrogen) atoms. The van der Waals surface area contributed by atoms with E-state index < -0.39 is 24.3 Å². The minimum absolute atomic E-state index is 0.0218. The Morgan fingerprint density at radius 3 is 2.95 bits per heavy atom. The molecule has 1 fully saturated rings. The highest BCUT2D eigenvalue weighted by Crippen LogP contribution is 2.16. The highest BCUT2D eigenvalue weighted by Gasteiger charge is 2.18. The van der Waals surface area contributed by atoms with Crippen molar-refractivity contribution in [2.24, 2.45) is 0 Å². The predicted octanol–water partition coefficient (Wildman–Crippen LogP) is 2.04. The molecule has 0 bridgehead atoms. The molecule has 0 unspecified atom stereocenters. The normalized spacial score (nSPS) is 17.5. The number of nitrogens with one attached hydrogen (secondary N) is 1. The summed E-state index contributed by atoms with van der Waals surface area (Å²) in [7, 11) is 0. The minimum Gasteiger partial charge on any atom is -0.452 e. The molecule has 1 atom stereocenters. The predicted molar refractivity (Wildman–Crippen MR) is 76.4 cm³/mol. The van der Waals surface area contributed by atoms with E-state index in [1.54, 1.807) is 0 Å². The van der Waals surface area contributed by atoms with Crippen LogP contribution < -0.4 is 5.32 Å². The number of benzene rings is 1. The fourth-order valence-corrected chi connectivity index (χ4v) is 2.28. The summed E-state index contributed by atoms with van der Waals surface area (Å²) < 4.78 is 24.2. The van der Waals surface area contributed by atoms with Crippen LogP contribution in [0.5, 0.6) is 0 Å². The van der Waals surface area contributed by atoms with Crippen LogP contribution in [0.3, 0.4) is 0 Å². The zero-order valence-corrected chi connectivity index (χ0v) is 12.8. The number of hydrogen-bond acceptors (Lipinski definition) is 4. The van der Waals surface area contributed by atoms with E-state index in [0.29, 0.717) is 17.6 Å². The van der Waals surface area contributed by atoms with Gasteiger partial charge in [0.25, 0.3) is 5.91 Å². The lowest BCUT2D eigenvalue weighted by molar-refractivity contribution is -0.124. The monoisotopic (exact) mass is 359 g/mol. The third-order valence-corrected chi connectivity index (χ3v) is 3.53. The Labute approximate surface area is 129 Å². The van der Waals surface area contributed by atoms with Crippen molar-refractivity contribution in [3.05, 3.63) is 34.1 Å². The number of hydrogen-bond donors (Lipinski definition) is 1. The molecular weight excluding hydrogens is 345 g/mol. The fourth-order valence-electron chi connectivity index (χ4n) is 1.95. The summed E-state index contributed by atoms with van der Waals surface area (Å²) in [6.07, 6.45) is 1.91. The van der Waals surface area contributed by atoms with Crippen molar-refractivity contribution in [2.75, 3.05) is 19.8 Å². The molecule has 1 aromatic rings. The van der Waals surface area contributed by atoms with E-state index in [2.05, 4.69) is 21.2 Å². The van der Waals surface area contributed by atoms with E-state index in [4.69, 9.17) is 9.47 Å². The van der Waals surface area contributed by atoms with E-state index >= 15 is 0 Å². The van der Waals surface area contributed by atoms with Crippen LogP contribution in [0, 0.1) is 5.82 Å². The Morgan fingerprint density at radius 2 is 2.29 bits per heavy atom.